The van der Waals surface area contributed by atoms with E-state index in [1.807, 2.05) is 54.6 Å². The maximum absolute atomic E-state index is 6.20. The van der Waals surface area contributed by atoms with Crippen molar-refractivity contribution in [1.29, 1.82) is 0 Å². The zero-order chi connectivity index (χ0) is 19.1. The molecule has 0 bridgehead atoms. The molecule has 0 saturated heterocycles. The number of hydrogen-bond donors (Lipinski definition) is 1. The number of hydrogen-bond acceptors (Lipinski definition) is 2. The van der Waals surface area contributed by atoms with E-state index in [2.05, 4.69) is 11.4 Å². The van der Waals surface area contributed by atoms with Crippen LogP contribution in [-0.2, 0) is 19.6 Å². The second-order valence-corrected chi connectivity index (χ2v) is 7.44. The van der Waals surface area contributed by atoms with Gasteiger partial charge in [0, 0.05) is 27.2 Å². The molecule has 5 heteroatoms. The minimum atomic E-state index is 0.450. The summed E-state index contributed by atoms with van der Waals surface area (Å²) in [4.78, 5) is 0. The van der Waals surface area contributed by atoms with Crippen LogP contribution in [0.25, 0.3) is 0 Å². The van der Waals surface area contributed by atoms with Crippen LogP contribution in [0, 0.1) is 0 Å². The lowest BCUT2D eigenvalue weighted by Crippen LogP contribution is -2.16. The van der Waals surface area contributed by atoms with Crippen LogP contribution in [0.1, 0.15) is 16.7 Å². The molecule has 0 aromatic heterocycles. The van der Waals surface area contributed by atoms with Gasteiger partial charge in [-0.15, -0.1) is 0 Å². The first-order chi connectivity index (χ1) is 13.1. The molecule has 27 heavy (non-hydrogen) atoms. The lowest BCUT2D eigenvalue weighted by Gasteiger charge is -2.10. The van der Waals surface area contributed by atoms with Crippen LogP contribution >= 0.6 is 34.8 Å². The molecule has 3 rings (SSSR count). The Bertz CT molecular complexity index is 898. The predicted octanol–water partition coefficient (Wildman–Crippen LogP) is 6.56. The van der Waals surface area contributed by atoms with Crippen LogP contribution in [0.15, 0.2) is 66.7 Å². The summed E-state index contributed by atoms with van der Waals surface area (Å²) in [6.45, 7) is 2.03. The van der Waals surface area contributed by atoms with Crippen molar-refractivity contribution in [1.82, 2.24) is 5.32 Å². The second-order valence-electron chi connectivity index (χ2n) is 6.19. The van der Waals surface area contributed by atoms with E-state index in [-0.39, 0.29) is 0 Å². The third-order valence-electron chi connectivity index (χ3n) is 4.17. The van der Waals surface area contributed by atoms with Crippen LogP contribution < -0.4 is 10.1 Å². The van der Waals surface area contributed by atoms with E-state index < -0.39 is 0 Å². The van der Waals surface area contributed by atoms with Gasteiger partial charge in [0.1, 0.15) is 12.4 Å². The molecule has 0 unspecified atom stereocenters. The lowest BCUT2D eigenvalue weighted by molar-refractivity contribution is 0.306. The molecule has 0 amide bonds. The second kappa shape index (κ2) is 10.0. The Morgan fingerprint density at radius 2 is 1.63 bits per heavy atom. The quantitative estimate of drug-likeness (QED) is 0.417. The molecule has 0 saturated carbocycles. The molecule has 0 heterocycles. The summed E-state index contributed by atoms with van der Waals surface area (Å²) in [5, 5.41) is 5.52. The third-order valence-corrected chi connectivity index (χ3v) is 5.12. The summed E-state index contributed by atoms with van der Waals surface area (Å²) in [6, 6.07) is 21.4. The van der Waals surface area contributed by atoms with E-state index >= 15 is 0 Å². The Morgan fingerprint density at radius 1 is 0.778 bits per heavy atom. The first kappa shape index (κ1) is 20.0. The first-order valence-corrected chi connectivity index (χ1v) is 9.85. The largest absolute Gasteiger partial charge is 0.489 e. The molecular formula is C22H20Cl3NO. The fourth-order valence-electron chi connectivity index (χ4n) is 2.70. The molecule has 3 aromatic rings. The van der Waals surface area contributed by atoms with Crippen molar-refractivity contribution in [3.63, 3.8) is 0 Å². The summed E-state index contributed by atoms with van der Waals surface area (Å²) in [5.74, 6) is 0.829. The normalized spacial score (nSPS) is 10.8. The van der Waals surface area contributed by atoms with Gasteiger partial charge in [-0.3, -0.25) is 0 Å². The Kier molecular flexibility index (Phi) is 7.42. The molecular weight excluding hydrogens is 401 g/mol. The van der Waals surface area contributed by atoms with Gasteiger partial charge in [0.2, 0.25) is 0 Å². The molecule has 140 valence electrons. The topological polar surface area (TPSA) is 21.3 Å². The molecule has 0 radical (unpaired) electrons. The van der Waals surface area contributed by atoms with Gasteiger partial charge >= 0.3 is 0 Å². The van der Waals surface area contributed by atoms with Crippen LogP contribution in [0.5, 0.6) is 5.75 Å². The summed E-state index contributed by atoms with van der Waals surface area (Å²) in [5.41, 5.74) is 3.22. The summed E-state index contributed by atoms with van der Waals surface area (Å²) in [7, 11) is 0. The highest BCUT2D eigenvalue weighted by molar-refractivity contribution is 6.35. The Labute approximate surface area is 175 Å². The molecule has 3 aromatic carbocycles. The van der Waals surface area contributed by atoms with Crippen LogP contribution in [0.4, 0.5) is 0 Å². The van der Waals surface area contributed by atoms with Gasteiger partial charge in [0.25, 0.3) is 0 Å². The highest BCUT2D eigenvalue weighted by Crippen LogP contribution is 2.21. The van der Waals surface area contributed by atoms with E-state index in [1.54, 1.807) is 6.07 Å². The van der Waals surface area contributed by atoms with Crippen molar-refractivity contribution in [2.24, 2.45) is 0 Å². The number of nitrogens with one attached hydrogen (secondary N) is 1. The Balaban J connectivity index is 1.48. The van der Waals surface area contributed by atoms with Crippen molar-refractivity contribution < 1.29 is 4.74 Å². The highest BCUT2D eigenvalue weighted by atomic mass is 35.5. The van der Waals surface area contributed by atoms with Crippen molar-refractivity contribution >= 4 is 34.8 Å². The van der Waals surface area contributed by atoms with Gasteiger partial charge in [-0.25, -0.2) is 0 Å². The third kappa shape index (κ3) is 6.15. The minimum absolute atomic E-state index is 0.450. The van der Waals surface area contributed by atoms with Crippen molar-refractivity contribution in [2.45, 2.75) is 19.6 Å². The highest BCUT2D eigenvalue weighted by Gasteiger charge is 2.03. The van der Waals surface area contributed by atoms with Crippen LogP contribution in [-0.4, -0.2) is 6.54 Å². The van der Waals surface area contributed by atoms with Gasteiger partial charge in [-0.1, -0.05) is 71.2 Å². The fraction of sp³-hybridized carbons (Fsp3) is 0.182. The number of rotatable bonds is 8. The molecule has 0 spiro atoms. The monoisotopic (exact) mass is 419 g/mol. The maximum Gasteiger partial charge on any atom is 0.120 e. The molecule has 1 N–H and O–H groups in total. The molecule has 0 aliphatic carbocycles. The Morgan fingerprint density at radius 3 is 2.44 bits per heavy atom. The first-order valence-electron chi connectivity index (χ1n) is 8.71. The molecule has 2 nitrogen and oxygen atoms in total. The zero-order valence-corrected chi connectivity index (χ0v) is 17.0. The van der Waals surface area contributed by atoms with E-state index in [1.165, 1.54) is 0 Å². The van der Waals surface area contributed by atoms with E-state index in [0.717, 1.165) is 47.0 Å². The van der Waals surface area contributed by atoms with E-state index in [4.69, 9.17) is 39.5 Å². The van der Waals surface area contributed by atoms with Crippen LogP contribution in [0.3, 0.4) is 0 Å². The summed E-state index contributed by atoms with van der Waals surface area (Å²) >= 11 is 18.3. The zero-order valence-electron chi connectivity index (χ0n) is 14.7. The number of ether oxygens (including phenoxy) is 1. The van der Waals surface area contributed by atoms with Gasteiger partial charge < -0.3 is 10.1 Å². The standard InChI is InChI=1S/C22H20Cl3NO/c23-19-9-8-17(22(25)13-19)10-11-26-14-16-4-3-6-20(12-16)27-15-18-5-1-2-7-21(18)24/h1-9,12-13,26H,10-11,14-15H2. The van der Waals surface area contributed by atoms with Gasteiger partial charge in [0.05, 0.1) is 0 Å². The fourth-order valence-corrected chi connectivity index (χ4v) is 3.40. The van der Waals surface area contributed by atoms with Gasteiger partial charge in [0.15, 0.2) is 0 Å². The van der Waals surface area contributed by atoms with E-state index in [0.29, 0.717) is 16.7 Å². The number of benzene rings is 3. The molecule has 0 aliphatic rings. The average Bonchev–Trinajstić information content (AvgIpc) is 2.66. The van der Waals surface area contributed by atoms with Crippen molar-refractivity contribution in [3.8, 4) is 5.75 Å². The van der Waals surface area contributed by atoms with E-state index in [9.17, 15) is 0 Å². The number of halogens is 3. The smallest absolute Gasteiger partial charge is 0.120 e. The van der Waals surface area contributed by atoms with Crippen LogP contribution in [0.2, 0.25) is 15.1 Å². The summed E-state index contributed by atoms with van der Waals surface area (Å²) < 4.78 is 5.87. The molecule has 0 aliphatic heterocycles. The SMILES string of the molecule is Clc1ccc(CCNCc2cccc(OCc3ccccc3Cl)c2)c(Cl)c1. The lowest BCUT2D eigenvalue weighted by atomic mass is 10.1. The van der Waals surface area contributed by atoms with Gasteiger partial charge in [-0.2, -0.15) is 0 Å². The average molecular weight is 421 g/mol. The van der Waals surface area contributed by atoms with Gasteiger partial charge in [-0.05, 0) is 54.4 Å². The van der Waals surface area contributed by atoms with Crippen molar-refractivity contribution in [2.75, 3.05) is 6.54 Å². The minimum Gasteiger partial charge on any atom is -0.489 e. The summed E-state index contributed by atoms with van der Waals surface area (Å²) in [6.07, 6.45) is 0.846. The molecule has 0 fully saturated rings. The predicted molar refractivity (Wildman–Crippen MR) is 114 cm³/mol. The van der Waals surface area contributed by atoms with Crippen molar-refractivity contribution in [3.05, 3.63) is 98.5 Å². The Hall–Kier alpha value is -1.71. The maximum atomic E-state index is 6.20. The molecule has 0 atom stereocenters.